The second kappa shape index (κ2) is 5.27. The lowest BCUT2D eigenvalue weighted by molar-refractivity contribution is -0.158. The Morgan fingerprint density at radius 3 is 2.93 bits per heavy atom. The van der Waals surface area contributed by atoms with Crippen molar-refractivity contribution in [3.63, 3.8) is 0 Å². The molecule has 0 radical (unpaired) electrons. The summed E-state index contributed by atoms with van der Waals surface area (Å²) in [6.45, 7) is 3.18. The van der Waals surface area contributed by atoms with E-state index in [-0.39, 0.29) is 12.0 Å². The Morgan fingerprint density at radius 1 is 1.40 bits per heavy atom. The number of rotatable bonds is 1. The van der Waals surface area contributed by atoms with Gasteiger partial charge >= 0.3 is 0 Å². The van der Waals surface area contributed by atoms with Crippen LogP contribution in [0.3, 0.4) is 0 Å². The fraction of sp³-hybridized carbons (Fsp3) is 0.900. The Morgan fingerprint density at radius 2 is 2.27 bits per heavy atom. The van der Waals surface area contributed by atoms with Gasteiger partial charge in [0.2, 0.25) is 0 Å². The molecule has 2 rings (SSSR count). The molecule has 0 aromatic carbocycles. The minimum absolute atomic E-state index is 0.0823. The van der Waals surface area contributed by atoms with E-state index in [0.717, 1.165) is 25.9 Å². The predicted molar refractivity (Wildman–Crippen MR) is 59.1 cm³/mol. The number of hydrogen-bond acceptors (Lipinski definition) is 3. The molecule has 2 aliphatic heterocycles. The molecular weight excluding hydrogens is 262 g/mol. The van der Waals surface area contributed by atoms with E-state index in [4.69, 9.17) is 9.47 Å². The number of ether oxygens (including phenoxy) is 2. The van der Waals surface area contributed by atoms with Gasteiger partial charge in [0.05, 0.1) is 19.8 Å². The molecule has 4 nitrogen and oxygen atoms in total. The van der Waals surface area contributed by atoms with E-state index in [1.165, 1.54) is 0 Å². The first-order chi connectivity index (χ1) is 7.27. The van der Waals surface area contributed by atoms with Crippen LogP contribution in [0, 0.1) is 0 Å². The van der Waals surface area contributed by atoms with Crippen LogP contribution in [0.15, 0.2) is 0 Å². The molecule has 0 aromatic rings. The van der Waals surface area contributed by atoms with Crippen LogP contribution < -0.4 is 0 Å². The summed E-state index contributed by atoms with van der Waals surface area (Å²) < 4.78 is 10.6. The van der Waals surface area contributed by atoms with Crippen molar-refractivity contribution in [2.24, 2.45) is 0 Å². The number of hydrogen-bond donors (Lipinski definition) is 0. The Kier molecular flexibility index (Phi) is 3.99. The van der Waals surface area contributed by atoms with Gasteiger partial charge in [0.1, 0.15) is 0 Å². The third-order valence-corrected chi connectivity index (χ3v) is 3.51. The van der Waals surface area contributed by atoms with E-state index in [9.17, 15) is 4.79 Å². The lowest BCUT2D eigenvalue weighted by atomic mass is 10.1. The average molecular weight is 278 g/mol. The van der Waals surface area contributed by atoms with Gasteiger partial charge in [-0.3, -0.25) is 4.79 Å². The molecule has 0 spiro atoms. The zero-order valence-corrected chi connectivity index (χ0v) is 10.2. The largest absolute Gasteiger partial charge is 0.376 e. The van der Waals surface area contributed by atoms with Gasteiger partial charge in [0, 0.05) is 17.9 Å². The zero-order chi connectivity index (χ0) is 10.7. The first-order valence-electron chi connectivity index (χ1n) is 5.39. The van der Waals surface area contributed by atoms with Crippen LogP contribution in [0.1, 0.15) is 12.8 Å². The Bertz CT molecular complexity index is 231. The smallest absolute Gasteiger partial charge is 0.254 e. The molecule has 1 amide bonds. The van der Waals surface area contributed by atoms with Gasteiger partial charge in [0.15, 0.2) is 6.10 Å². The maximum Gasteiger partial charge on any atom is 0.254 e. The van der Waals surface area contributed by atoms with E-state index >= 15 is 0 Å². The quantitative estimate of drug-likeness (QED) is 0.666. The summed E-state index contributed by atoms with van der Waals surface area (Å²) >= 11 is 3.56. The van der Waals surface area contributed by atoms with Crippen LogP contribution in [-0.4, -0.2) is 54.6 Å². The van der Waals surface area contributed by atoms with Crippen LogP contribution in [-0.2, 0) is 14.3 Å². The predicted octanol–water partition coefficient (Wildman–Crippen LogP) is 0.788. The van der Waals surface area contributed by atoms with E-state index < -0.39 is 0 Å². The van der Waals surface area contributed by atoms with Crippen LogP contribution >= 0.6 is 15.9 Å². The zero-order valence-electron chi connectivity index (χ0n) is 8.65. The van der Waals surface area contributed by atoms with Gasteiger partial charge in [-0.25, -0.2) is 0 Å². The normalized spacial score (nSPS) is 32.7. The molecule has 0 aromatic heterocycles. The lowest BCUT2D eigenvalue weighted by Gasteiger charge is -2.33. The maximum absolute atomic E-state index is 12.0. The van der Waals surface area contributed by atoms with Crippen molar-refractivity contribution in [1.29, 1.82) is 0 Å². The molecule has 2 unspecified atom stereocenters. The van der Waals surface area contributed by atoms with Crippen molar-refractivity contribution in [2.45, 2.75) is 23.8 Å². The third-order valence-electron chi connectivity index (χ3n) is 2.77. The molecule has 0 aliphatic carbocycles. The minimum atomic E-state index is -0.378. The standard InChI is InChI=1S/C10H16BrNO3/c11-8-2-1-3-12(6-8)10(13)9-7-14-4-5-15-9/h8-9H,1-7H2. The fourth-order valence-corrected chi connectivity index (χ4v) is 2.63. The Balaban J connectivity index is 1.88. The van der Waals surface area contributed by atoms with Crippen LogP contribution in [0.4, 0.5) is 0 Å². The number of nitrogens with zero attached hydrogens (tertiary/aromatic N) is 1. The summed E-state index contributed by atoms with van der Waals surface area (Å²) in [5.41, 5.74) is 0. The number of piperidine rings is 1. The number of carbonyl (C=O) groups excluding carboxylic acids is 1. The Hall–Kier alpha value is -0.130. The van der Waals surface area contributed by atoms with Gasteiger partial charge in [-0.1, -0.05) is 15.9 Å². The second-order valence-corrected chi connectivity index (χ2v) is 5.25. The molecule has 0 bridgehead atoms. The van der Waals surface area contributed by atoms with Gasteiger partial charge in [0.25, 0.3) is 5.91 Å². The van der Waals surface area contributed by atoms with Crippen LogP contribution in [0.2, 0.25) is 0 Å². The summed E-state index contributed by atoms with van der Waals surface area (Å²) in [5.74, 6) is 0.0823. The summed E-state index contributed by atoms with van der Waals surface area (Å²) in [6.07, 6.45) is 1.83. The highest BCUT2D eigenvalue weighted by Crippen LogP contribution is 2.18. The first-order valence-corrected chi connectivity index (χ1v) is 6.31. The van der Waals surface area contributed by atoms with Gasteiger partial charge < -0.3 is 14.4 Å². The van der Waals surface area contributed by atoms with Gasteiger partial charge in [-0.2, -0.15) is 0 Å². The number of likely N-dealkylation sites (tertiary alicyclic amines) is 1. The number of amides is 1. The minimum Gasteiger partial charge on any atom is -0.376 e. The monoisotopic (exact) mass is 277 g/mol. The molecule has 2 aliphatic rings. The molecule has 0 N–H and O–H groups in total. The van der Waals surface area contributed by atoms with Crippen molar-refractivity contribution in [1.82, 2.24) is 4.90 Å². The van der Waals surface area contributed by atoms with Crippen LogP contribution in [0.25, 0.3) is 0 Å². The first kappa shape index (κ1) is 11.4. The molecule has 2 heterocycles. The third kappa shape index (κ3) is 2.92. The van der Waals surface area contributed by atoms with E-state index in [2.05, 4.69) is 15.9 Å². The Labute approximate surface area is 98.0 Å². The SMILES string of the molecule is O=C(C1COCCO1)N1CCCC(Br)C1. The van der Waals surface area contributed by atoms with E-state index in [1.54, 1.807) is 0 Å². The summed E-state index contributed by atoms with van der Waals surface area (Å²) in [7, 11) is 0. The molecular formula is C10H16BrNO3. The van der Waals surface area contributed by atoms with Crippen molar-refractivity contribution in [3.05, 3.63) is 0 Å². The highest BCUT2D eigenvalue weighted by Gasteiger charge is 2.30. The van der Waals surface area contributed by atoms with Crippen LogP contribution in [0.5, 0.6) is 0 Å². The molecule has 2 atom stereocenters. The molecule has 86 valence electrons. The molecule has 2 fully saturated rings. The van der Waals surface area contributed by atoms with Gasteiger partial charge in [-0.15, -0.1) is 0 Å². The highest BCUT2D eigenvalue weighted by atomic mass is 79.9. The lowest BCUT2D eigenvalue weighted by Crippen LogP contribution is -2.49. The van der Waals surface area contributed by atoms with Crippen molar-refractivity contribution < 1.29 is 14.3 Å². The number of carbonyl (C=O) groups is 1. The molecule has 5 heteroatoms. The highest BCUT2D eigenvalue weighted by molar-refractivity contribution is 9.09. The number of alkyl halides is 1. The van der Waals surface area contributed by atoms with E-state index in [1.807, 2.05) is 4.90 Å². The number of halogens is 1. The average Bonchev–Trinajstić information content (AvgIpc) is 2.29. The van der Waals surface area contributed by atoms with E-state index in [0.29, 0.717) is 24.6 Å². The summed E-state index contributed by atoms with van der Waals surface area (Å²) in [4.78, 5) is 14.3. The molecule has 0 saturated carbocycles. The van der Waals surface area contributed by atoms with Crippen molar-refractivity contribution >= 4 is 21.8 Å². The summed E-state index contributed by atoms with van der Waals surface area (Å²) in [5, 5.41) is 0. The topological polar surface area (TPSA) is 38.8 Å². The second-order valence-electron chi connectivity index (χ2n) is 3.96. The summed E-state index contributed by atoms with van der Waals surface area (Å²) in [6, 6.07) is 0. The maximum atomic E-state index is 12.0. The van der Waals surface area contributed by atoms with Crippen molar-refractivity contribution in [3.8, 4) is 0 Å². The molecule has 2 saturated heterocycles. The van der Waals surface area contributed by atoms with Crippen molar-refractivity contribution in [2.75, 3.05) is 32.9 Å². The fourth-order valence-electron chi connectivity index (χ4n) is 1.96. The molecule has 15 heavy (non-hydrogen) atoms. The van der Waals surface area contributed by atoms with Gasteiger partial charge in [-0.05, 0) is 12.8 Å².